The SMILES string of the molecule is CCOC(=O)C(C)(C)NC1CCC(Nc2cc(-c3cccc(NCC4(C#N)CCOCC4)n3)c(Cl)cn2)CC1. The number of rotatable bonds is 10. The van der Waals surface area contributed by atoms with Gasteiger partial charge in [-0.05, 0) is 77.5 Å². The van der Waals surface area contributed by atoms with Crippen LogP contribution in [0.25, 0.3) is 11.3 Å². The Morgan fingerprint density at radius 3 is 2.62 bits per heavy atom. The highest BCUT2D eigenvalue weighted by atomic mass is 35.5. The number of carbonyl (C=O) groups excluding carboxylic acids is 1. The van der Waals surface area contributed by atoms with Gasteiger partial charge in [0.1, 0.15) is 17.2 Å². The molecule has 3 N–H and O–H groups in total. The molecule has 0 atom stereocenters. The molecule has 3 heterocycles. The van der Waals surface area contributed by atoms with Crippen LogP contribution in [0.5, 0.6) is 0 Å². The van der Waals surface area contributed by atoms with Crippen molar-refractivity contribution in [3.8, 4) is 17.3 Å². The zero-order valence-electron chi connectivity index (χ0n) is 23.1. The van der Waals surface area contributed by atoms with Crippen LogP contribution in [-0.4, -0.2) is 59.9 Å². The number of nitriles is 1. The maximum absolute atomic E-state index is 12.2. The van der Waals surface area contributed by atoms with E-state index in [-0.39, 0.29) is 18.1 Å². The fraction of sp³-hybridized carbons (Fsp3) is 0.586. The second kappa shape index (κ2) is 12.9. The molecule has 39 heavy (non-hydrogen) atoms. The van der Waals surface area contributed by atoms with E-state index < -0.39 is 11.0 Å². The highest BCUT2D eigenvalue weighted by molar-refractivity contribution is 6.33. The lowest BCUT2D eigenvalue weighted by Crippen LogP contribution is -2.53. The van der Waals surface area contributed by atoms with Gasteiger partial charge in [-0.25, -0.2) is 9.97 Å². The molecule has 1 saturated carbocycles. The Hall–Kier alpha value is -2.93. The van der Waals surface area contributed by atoms with Crippen LogP contribution in [0, 0.1) is 16.7 Å². The van der Waals surface area contributed by atoms with Gasteiger partial charge in [0.25, 0.3) is 0 Å². The third kappa shape index (κ3) is 7.59. The minimum absolute atomic E-state index is 0.218. The number of aromatic nitrogens is 2. The van der Waals surface area contributed by atoms with Gasteiger partial charge in [0, 0.05) is 43.6 Å². The molecule has 2 fully saturated rings. The molecule has 4 rings (SSSR count). The predicted octanol–water partition coefficient (Wildman–Crippen LogP) is 5.18. The van der Waals surface area contributed by atoms with E-state index in [0.717, 1.165) is 42.8 Å². The van der Waals surface area contributed by atoms with Crippen molar-refractivity contribution >= 4 is 29.2 Å². The van der Waals surface area contributed by atoms with Crippen LogP contribution in [0.15, 0.2) is 30.5 Å². The van der Waals surface area contributed by atoms with E-state index in [4.69, 9.17) is 26.1 Å². The summed E-state index contributed by atoms with van der Waals surface area (Å²) in [6, 6.07) is 10.7. The average Bonchev–Trinajstić information content (AvgIpc) is 2.94. The van der Waals surface area contributed by atoms with Crippen molar-refractivity contribution in [1.82, 2.24) is 15.3 Å². The van der Waals surface area contributed by atoms with E-state index >= 15 is 0 Å². The molecule has 1 aliphatic heterocycles. The number of carbonyl (C=O) groups is 1. The molecule has 0 radical (unpaired) electrons. The van der Waals surface area contributed by atoms with E-state index in [0.29, 0.717) is 50.0 Å². The molecular formula is C29H39ClN6O3. The molecule has 0 unspecified atom stereocenters. The Morgan fingerprint density at radius 2 is 1.92 bits per heavy atom. The Balaban J connectivity index is 1.36. The third-order valence-electron chi connectivity index (χ3n) is 7.61. The fourth-order valence-corrected chi connectivity index (χ4v) is 5.42. The third-order valence-corrected chi connectivity index (χ3v) is 7.91. The molecule has 0 bridgehead atoms. The molecule has 2 aromatic rings. The molecule has 210 valence electrons. The molecule has 2 aromatic heterocycles. The number of pyridine rings is 2. The number of hydrogen-bond donors (Lipinski definition) is 3. The van der Waals surface area contributed by atoms with Crippen LogP contribution in [0.2, 0.25) is 5.02 Å². The zero-order valence-corrected chi connectivity index (χ0v) is 23.8. The minimum Gasteiger partial charge on any atom is -0.465 e. The fourth-order valence-electron chi connectivity index (χ4n) is 5.22. The molecular weight excluding hydrogens is 516 g/mol. The lowest BCUT2D eigenvalue weighted by atomic mass is 9.82. The summed E-state index contributed by atoms with van der Waals surface area (Å²) in [6.45, 7) is 7.69. The van der Waals surface area contributed by atoms with E-state index in [1.807, 2.05) is 45.0 Å². The van der Waals surface area contributed by atoms with Gasteiger partial charge >= 0.3 is 5.97 Å². The average molecular weight is 555 g/mol. The topological polar surface area (TPSA) is 121 Å². The highest BCUT2D eigenvalue weighted by Crippen LogP contribution is 2.32. The predicted molar refractivity (Wildman–Crippen MR) is 153 cm³/mol. The van der Waals surface area contributed by atoms with Crippen LogP contribution < -0.4 is 16.0 Å². The lowest BCUT2D eigenvalue weighted by molar-refractivity contribution is -0.150. The van der Waals surface area contributed by atoms with Crippen LogP contribution in [-0.2, 0) is 14.3 Å². The number of anilines is 2. The summed E-state index contributed by atoms with van der Waals surface area (Å²) in [5, 5.41) is 20.6. The van der Waals surface area contributed by atoms with Crippen LogP contribution in [0.4, 0.5) is 11.6 Å². The molecule has 2 aliphatic rings. The van der Waals surface area contributed by atoms with Gasteiger partial charge in [-0.2, -0.15) is 5.26 Å². The molecule has 0 aromatic carbocycles. The van der Waals surface area contributed by atoms with Crippen molar-refractivity contribution in [2.45, 2.75) is 76.9 Å². The quantitative estimate of drug-likeness (QED) is 0.341. The first-order valence-electron chi connectivity index (χ1n) is 13.8. The monoisotopic (exact) mass is 554 g/mol. The van der Waals surface area contributed by atoms with Crippen molar-refractivity contribution < 1.29 is 14.3 Å². The lowest BCUT2D eigenvalue weighted by Gasteiger charge is -2.35. The van der Waals surface area contributed by atoms with E-state index in [1.165, 1.54) is 0 Å². The summed E-state index contributed by atoms with van der Waals surface area (Å²) in [5.41, 5.74) is 0.391. The molecule has 0 amide bonds. The summed E-state index contributed by atoms with van der Waals surface area (Å²) in [7, 11) is 0. The van der Waals surface area contributed by atoms with Crippen molar-refractivity contribution in [3.63, 3.8) is 0 Å². The largest absolute Gasteiger partial charge is 0.465 e. The second-order valence-corrected chi connectivity index (χ2v) is 11.4. The first-order chi connectivity index (χ1) is 18.7. The number of nitrogens with zero attached hydrogens (tertiary/aromatic N) is 3. The van der Waals surface area contributed by atoms with Crippen molar-refractivity contribution in [3.05, 3.63) is 35.5 Å². The maximum Gasteiger partial charge on any atom is 0.325 e. The smallest absolute Gasteiger partial charge is 0.325 e. The Labute approximate surface area is 236 Å². The van der Waals surface area contributed by atoms with Gasteiger partial charge < -0.3 is 20.1 Å². The number of halogens is 1. The minimum atomic E-state index is -0.704. The Kier molecular flexibility index (Phi) is 9.65. The van der Waals surface area contributed by atoms with Gasteiger partial charge in [-0.3, -0.25) is 10.1 Å². The van der Waals surface area contributed by atoms with Crippen molar-refractivity contribution in [2.75, 3.05) is 37.0 Å². The molecule has 0 spiro atoms. The van der Waals surface area contributed by atoms with E-state index in [9.17, 15) is 10.1 Å². The first-order valence-corrected chi connectivity index (χ1v) is 14.2. The Bertz CT molecular complexity index is 1170. The first kappa shape index (κ1) is 29.1. The summed E-state index contributed by atoms with van der Waals surface area (Å²) in [4.78, 5) is 21.5. The number of ether oxygens (including phenoxy) is 2. The second-order valence-electron chi connectivity index (χ2n) is 11.0. The van der Waals surface area contributed by atoms with E-state index in [2.05, 4.69) is 27.0 Å². The number of nitrogens with one attached hydrogen (secondary N) is 3. The van der Waals surface area contributed by atoms with Gasteiger partial charge in [0.05, 0.1) is 28.8 Å². The molecule has 9 nitrogen and oxygen atoms in total. The highest BCUT2D eigenvalue weighted by Gasteiger charge is 2.34. The van der Waals surface area contributed by atoms with Crippen LogP contribution in [0.3, 0.4) is 0 Å². The molecule has 1 saturated heterocycles. The number of hydrogen-bond acceptors (Lipinski definition) is 9. The normalized spacial score (nSPS) is 21.0. The summed E-state index contributed by atoms with van der Waals surface area (Å²) >= 11 is 6.54. The zero-order chi connectivity index (χ0) is 27.9. The van der Waals surface area contributed by atoms with E-state index in [1.54, 1.807) is 6.20 Å². The van der Waals surface area contributed by atoms with Gasteiger partial charge in [-0.1, -0.05) is 17.7 Å². The number of esters is 1. The summed E-state index contributed by atoms with van der Waals surface area (Å²) < 4.78 is 10.6. The standard InChI is InChI=1S/C29H39ClN6O3/c1-4-39-27(37)28(2,3)36-21-10-8-20(9-11-21)34-26-16-22(23(30)17-32-26)24-6-5-7-25(35-24)33-19-29(18-31)12-14-38-15-13-29/h5-7,16-17,20-21,36H,4,8-15,19H2,1-3H3,(H,32,34)(H,33,35). The molecule has 1 aliphatic carbocycles. The summed E-state index contributed by atoms with van der Waals surface area (Å²) in [5.74, 6) is 1.24. The Morgan fingerprint density at radius 1 is 1.21 bits per heavy atom. The van der Waals surface area contributed by atoms with Gasteiger partial charge in [0.2, 0.25) is 0 Å². The molecule has 10 heteroatoms. The van der Waals surface area contributed by atoms with Gasteiger partial charge in [-0.15, -0.1) is 0 Å². The maximum atomic E-state index is 12.2. The summed E-state index contributed by atoms with van der Waals surface area (Å²) in [6.07, 6.45) is 6.89. The van der Waals surface area contributed by atoms with Crippen molar-refractivity contribution in [2.24, 2.45) is 5.41 Å². The van der Waals surface area contributed by atoms with Crippen molar-refractivity contribution in [1.29, 1.82) is 5.26 Å². The van der Waals surface area contributed by atoms with Crippen LogP contribution >= 0.6 is 11.6 Å². The van der Waals surface area contributed by atoms with Crippen LogP contribution in [0.1, 0.15) is 59.3 Å². The van der Waals surface area contributed by atoms with Gasteiger partial charge in [0.15, 0.2) is 0 Å².